The molecular weight excluding hydrogens is 286 g/mol. The average molecular weight is 311 g/mol. The average Bonchev–Trinajstić information content (AvgIpc) is 2.64. The Labute approximate surface area is 127 Å². The lowest BCUT2D eigenvalue weighted by atomic mass is 10.0. The first kappa shape index (κ1) is 16.2. The molecule has 2 rings (SSSR count). The van der Waals surface area contributed by atoms with Gasteiger partial charge in [-0.05, 0) is 37.3 Å². The zero-order chi connectivity index (χ0) is 15.5. The molecule has 1 aromatic heterocycles. The molecular formula is C15H25N3O2S. The molecule has 1 saturated carbocycles. The highest BCUT2D eigenvalue weighted by atomic mass is 32.2. The second-order valence-electron chi connectivity index (χ2n) is 6.12. The molecule has 0 radical (unpaired) electrons. The molecule has 1 aromatic rings. The summed E-state index contributed by atoms with van der Waals surface area (Å²) in [6.07, 6.45) is 7.52. The number of rotatable bonds is 4. The van der Waals surface area contributed by atoms with Gasteiger partial charge in [-0.3, -0.25) is 0 Å². The molecule has 5 nitrogen and oxygen atoms in total. The third-order valence-electron chi connectivity index (χ3n) is 4.12. The van der Waals surface area contributed by atoms with E-state index < -0.39 is 10.0 Å². The van der Waals surface area contributed by atoms with E-state index in [1.807, 2.05) is 0 Å². The van der Waals surface area contributed by atoms with Gasteiger partial charge in [0, 0.05) is 26.3 Å². The summed E-state index contributed by atoms with van der Waals surface area (Å²) in [4.78, 5) is 4.48. The fraction of sp³-hybridized carbons (Fsp3) is 0.667. The van der Waals surface area contributed by atoms with Crippen molar-refractivity contribution in [2.45, 2.75) is 50.0 Å². The van der Waals surface area contributed by atoms with Crippen molar-refractivity contribution < 1.29 is 8.42 Å². The molecule has 0 saturated heterocycles. The maximum absolute atomic E-state index is 12.0. The van der Waals surface area contributed by atoms with Gasteiger partial charge in [-0.1, -0.05) is 19.8 Å². The Balaban J connectivity index is 2.03. The smallest absolute Gasteiger partial charge is 0.244 e. The van der Waals surface area contributed by atoms with Crippen LogP contribution in [0.4, 0.5) is 5.82 Å². The van der Waals surface area contributed by atoms with Crippen molar-refractivity contribution in [1.29, 1.82) is 0 Å². The van der Waals surface area contributed by atoms with E-state index in [2.05, 4.69) is 17.2 Å². The van der Waals surface area contributed by atoms with Gasteiger partial charge in [-0.15, -0.1) is 0 Å². The Morgan fingerprint density at radius 1 is 1.19 bits per heavy atom. The van der Waals surface area contributed by atoms with Crippen LogP contribution in [0.5, 0.6) is 0 Å². The minimum atomic E-state index is -3.40. The SMILES string of the molecule is CC1CCCC(Nc2ccc(S(=O)(=O)N(C)C)cn2)CC1. The summed E-state index contributed by atoms with van der Waals surface area (Å²) in [7, 11) is -0.353. The largest absolute Gasteiger partial charge is 0.367 e. The molecule has 21 heavy (non-hydrogen) atoms. The monoisotopic (exact) mass is 311 g/mol. The molecule has 6 heteroatoms. The first-order valence-electron chi connectivity index (χ1n) is 7.54. The summed E-state index contributed by atoms with van der Waals surface area (Å²) in [5.74, 6) is 1.56. The lowest BCUT2D eigenvalue weighted by molar-refractivity contribution is 0.501. The van der Waals surface area contributed by atoms with E-state index >= 15 is 0 Å². The summed E-state index contributed by atoms with van der Waals surface area (Å²) >= 11 is 0. The number of hydrogen-bond acceptors (Lipinski definition) is 4. The zero-order valence-corrected chi connectivity index (χ0v) is 13.9. The summed E-state index contributed by atoms with van der Waals surface area (Å²) in [6.45, 7) is 2.31. The highest BCUT2D eigenvalue weighted by Crippen LogP contribution is 2.24. The number of pyridine rings is 1. The number of nitrogens with one attached hydrogen (secondary N) is 1. The Morgan fingerprint density at radius 3 is 2.57 bits per heavy atom. The van der Waals surface area contributed by atoms with Gasteiger partial charge < -0.3 is 5.32 Å². The predicted molar refractivity (Wildman–Crippen MR) is 84.8 cm³/mol. The summed E-state index contributed by atoms with van der Waals surface area (Å²) < 4.78 is 25.2. The van der Waals surface area contributed by atoms with Gasteiger partial charge in [-0.2, -0.15) is 0 Å². The van der Waals surface area contributed by atoms with Gasteiger partial charge in [0.1, 0.15) is 10.7 Å². The Hall–Kier alpha value is -1.14. The lowest BCUT2D eigenvalue weighted by Gasteiger charge is -2.17. The van der Waals surface area contributed by atoms with Gasteiger partial charge in [0.25, 0.3) is 0 Å². The van der Waals surface area contributed by atoms with Crippen LogP contribution >= 0.6 is 0 Å². The van der Waals surface area contributed by atoms with E-state index in [0.717, 1.165) is 24.6 Å². The molecule has 0 aromatic carbocycles. The molecule has 1 N–H and O–H groups in total. The van der Waals surface area contributed by atoms with Crippen LogP contribution in [-0.2, 0) is 10.0 Å². The van der Waals surface area contributed by atoms with Gasteiger partial charge >= 0.3 is 0 Å². The van der Waals surface area contributed by atoms with E-state index in [-0.39, 0.29) is 4.90 Å². The fourth-order valence-electron chi connectivity index (χ4n) is 2.67. The van der Waals surface area contributed by atoms with Gasteiger partial charge in [0.05, 0.1) is 0 Å². The predicted octanol–water partition coefficient (Wildman–Crippen LogP) is 2.71. The fourth-order valence-corrected chi connectivity index (χ4v) is 3.52. The summed E-state index contributed by atoms with van der Waals surface area (Å²) in [5.41, 5.74) is 0. The van der Waals surface area contributed by atoms with Crippen LogP contribution in [0.1, 0.15) is 39.0 Å². The van der Waals surface area contributed by atoms with Crippen molar-refractivity contribution in [3.8, 4) is 0 Å². The topological polar surface area (TPSA) is 62.3 Å². The van der Waals surface area contributed by atoms with Crippen LogP contribution in [0, 0.1) is 5.92 Å². The minimum Gasteiger partial charge on any atom is -0.367 e. The maximum atomic E-state index is 12.0. The van der Waals surface area contributed by atoms with E-state index in [9.17, 15) is 8.42 Å². The first-order valence-corrected chi connectivity index (χ1v) is 8.98. The van der Waals surface area contributed by atoms with Crippen molar-refractivity contribution in [2.75, 3.05) is 19.4 Å². The highest BCUT2D eigenvalue weighted by molar-refractivity contribution is 7.89. The second kappa shape index (κ2) is 6.75. The van der Waals surface area contributed by atoms with Crippen LogP contribution in [0.2, 0.25) is 0 Å². The number of aromatic nitrogens is 1. The molecule has 1 aliphatic carbocycles. The first-order chi connectivity index (χ1) is 9.89. The molecule has 1 aliphatic rings. The molecule has 1 heterocycles. The van der Waals surface area contributed by atoms with E-state index in [0.29, 0.717) is 6.04 Å². The number of hydrogen-bond donors (Lipinski definition) is 1. The van der Waals surface area contributed by atoms with Crippen LogP contribution < -0.4 is 5.32 Å². The molecule has 118 valence electrons. The standard InChI is InChI=1S/C15H25N3O2S/c1-12-5-4-6-13(8-7-12)17-15-10-9-14(11-16-15)21(19,20)18(2)3/h9-13H,4-8H2,1-3H3,(H,16,17). The van der Waals surface area contributed by atoms with Crippen molar-refractivity contribution >= 4 is 15.8 Å². The summed E-state index contributed by atoms with van der Waals surface area (Å²) in [5, 5.41) is 3.43. The second-order valence-corrected chi connectivity index (χ2v) is 8.27. The lowest BCUT2D eigenvalue weighted by Crippen LogP contribution is -2.23. The van der Waals surface area contributed by atoms with E-state index in [4.69, 9.17) is 0 Å². The Morgan fingerprint density at radius 2 is 1.95 bits per heavy atom. The van der Waals surface area contributed by atoms with Gasteiger partial charge in [0.15, 0.2) is 0 Å². The maximum Gasteiger partial charge on any atom is 0.244 e. The minimum absolute atomic E-state index is 0.229. The normalized spacial score (nSPS) is 23.8. The van der Waals surface area contributed by atoms with Gasteiger partial charge in [0.2, 0.25) is 10.0 Å². The molecule has 1 fully saturated rings. The molecule has 2 atom stereocenters. The molecule has 0 aliphatic heterocycles. The van der Waals surface area contributed by atoms with Crippen LogP contribution in [0.15, 0.2) is 23.2 Å². The Bertz CT molecular complexity index is 555. The third kappa shape index (κ3) is 4.17. The van der Waals surface area contributed by atoms with Crippen molar-refractivity contribution in [1.82, 2.24) is 9.29 Å². The summed E-state index contributed by atoms with van der Waals surface area (Å²) in [6, 6.07) is 3.81. The quantitative estimate of drug-likeness (QED) is 0.869. The number of nitrogens with zero attached hydrogens (tertiary/aromatic N) is 2. The molecule has 2 unspecified atom stereocenters. The van der Waals surface area contributed by atoms with Crippen LogP contribution in [-0.4, -0.2) is 37.8 Å². The van der Waals surface area contributed by atoms with Crippen LogP contribution in [0.3, 0.4) is 0 Å². The Kier molecular flexibility index (Phi) is 5.22. The highest BCUT2D eigenvalue weighted by Gasteiger charge is 2.19. The molecule has 0 bridgehead atoms. The van der Waals surface area contributed by atoms with Crippen molar-refractivity contribution in [3.05, 3.63) is 18.3 Å². The van der Waals surface area contributed by atoms with Crippen LogP contribution in [0.25, 0.3) is 0 Å². The number of anilines is 1. The molecule has 0 spiro atoms. The van der Waals surface area contributed by atoms with Crippen molar-refractivity contribution in [3.63, 3.8) is 0 Å². The van der Waals surface area contributed by atoms with Crippen molar-refractivity contribution in [2.24, 2.45) is 5.92 Å². The van der Waals surface area contributed by atoms with E-state index in [1.165, 1.54) is 43.9 Å². The zero-order valence-electron chi connectivity index (χ0n) is 13.0. The number of sulfonamides is 1. The van der Waals surface area contributed by atoms with Gasteiger partial charge in [-0.25, -0.2) is 17.7 Å². The third-order valence-corrected chi connectivity index (χ3v) is 5.92. The van der Waals surface area contributed by atoms with E-state index in [1.54, 1.807) is 12.1 Å². The molecule has 0 amide bonds.